The van der Waals surface area contributed by atoms with E-state index in [-0.39, 0.29) is 11.1 Å². The van der Waals surface area contributed by atoms with Crippen molar-refractivity contribution in [3.8, 4) is 0 Å². The fourth-order valence-electron chi connectivity index (χ4n) is 3.59. The van der Waals surface area contributed by atoms with E-state index in [2.05, 4.69) is 63.7 Å². The number of non-ortho nitro benzene ring substituents is 2. The second-order valence-corrected chi connectivity index (χ2v) is 11.7. The Morgan fingerprint density at radius 2 is 0.789 bits per heavy atom. The number of benzene rings is 3. The van der Waals surface area contributed by atoms with Crippen LogP contribution in [0.3, 0.4) is 0 Å². The predicted molar refractivity (Wildman–Crippen MR) is 153 cm³/mol. The molecule has 0 N–H and O–H groups in total. The van der Waals surface area contributed by atoms with Gasteiger partial charge in [-0.3, -0.25) is 40.5 Å². The Hall–Kier alpha value is -2.82. The van der Waals surface area contributed by atoms with E-state index in [1.807, 2.05) is 0 Å². The van der Waals surface area contributed by atoms with E-state index in [9.17, 15) is 40.5 Å². The molecule has 12 nitrogen and oxygen atoms in total. The van der Waals surface area contributed by atoms with Crippen molar-refractivity contribution in [3.63, 3.8) is 0 Å². The number of nitro benzene ring substituents is 4. The molecule has 0 aliphatic heterocycles. The fraction of sp³-hybridized carbons (Fsp3) is 0.182. The molecule has 0 fully saturated rings. The third kappa shape index (κ3) is 6.42. The molecule has 3 aromatic rings. The number of hydrogen-bond acceptors (Lipinski definition) is 8. The Morgan fingerprint density at radius 1 is 0.474 bits per heavy atom. The summed E-state index contributed by atoms with van der Waals surface area (Å²) < 4.78 is 0. The minimum atomic E-state index is -0.705. The molecule has 38 heavy (non-hydrogen) atoms. The first-order valence-electron chi connectivity index (χ1n) is 10.3. The van der Waals surface area contributed by atoms with Crippen molar-refractivity contribution in [2.75, 3.05) is 0 Å². The van der Waals surface area contributed by atoms with Gasteiger partial charge in [0.15, 0.2) is 0 Å². The molecule has 0 aliphatic rings. The van der Waals surface area contributed by atoms with Gasteiger partial charge in [0.05, 0.1) is 51.1 Å². The monoisotopic (exact) mass is 778 g/mol. The van der Waals surface area contributed by atoms with Crippen LogP contribution in [0.25, 0.3) is 0 Å². The second-order valence-electron chi connectivity index (χ2n) is 7.79. The van der Waals surface area contributed by atoms with Gasteiger partial charge in [-0.05, 0) is 23.3 Å². The van der Waals surface area contributed by atoms with Crippen LogP contribution in [0.2, 0.25) is 0 Å². The average molecular weight is 782 g/mol. The Balaban J connectivity index is 1.86. The first kappa shape index (κ1) is 29.7. The molecule has 3 rings (SSSR count). The number of rotatable bonds is 10. The summed E-state index contributed by atoms with van der Waals surface area (Å²) in [4.78, 5) is 40.2. The van der Waals surface area contributed by atoms with Gasteiger partial charge in [-0.1, -0.05) is 88.0 Å². The molecule has 0 unspecified atom stereocenters. The van der Waals surface area contributed by atoms with Crippen LogP contribution in [-0.4, -0.2) is 19.7 Å². The highest BCUT2D eigenvalue weighted by Crippen LogP contribution is 2.48. The van der Waals surface area contributed by atoms with Crippen molar-refractivity contribution in [1.29, 1.82) is 0 Å². The van der Waals surface area contributed by atoms with Gasteiger partial charge in [-0.2, -0.15) is 0 Å². The Bertz CT molecular complexity index is 1320. The van der Waals surface area contributed by atoms with E-state index in [4.69, 9.17) is 0 Å². The lowest BCUT2D eigenvalue weighted by Crippen LogP contribution is -2.06. The zero-order chi connectivity index (χ0) is 28.3. The maximum absolute atomic E-state index is 11.5. The summed E-state index contributed by atoms with van der Waals surface area (Å²) in [6, 6.07) is 13.9. The highest BCUT2D eigenvalue weighted by molar-refractivity contribution is 9.12. The van der Waals surface area contributed by atoms with Crippen molar-refractivity contribution >= 4 is 86.5 Å². The minimum Gasteiger partial charge on any atom is -0.258 e. The summed E-state index contributed by atoms with van der Waals surface area (Å²) in [6.07, 6.45) is 0. The topological polar surface area (TPSA) is 173 Å². The van der Waals surface area contributed by atoms with Gasteiger partial charge in [0.1, 0.15) is 0 Å². The van der Waals surface area contributed by atoms with Crippen molar-refractivity contribution < 1.29 is 19.7 Å². The third-order valence-corrected chi connectivity index (χ3v) is 11.1. The first-order valence-corrected chi connectivity index (χ1v) is 14.0. The van der Waals surface area contributed by atoms with Crippen molar-refractivity contribution in [1.82, 2.24) is 0 Å². The molecule has 0 saturated carbocycles. The molecule has 0 aliphatic carbocycles. The van der Waals surface area contributed by atoms with Crippen molar-refractivity contribution in [3.05, 3.63) is 123 Å². The van der Waals surface area contributed by atoms with Crippen LogP contribution in [0.15, 0.2) is 60.7 Å². The smallest absolute Gasteiger partial charge is 0.258 e. The van der Waals surface area contributed by atoms with Crippen molar-refractivity contribution in [2.24, 2.45) is 0 Å². The van der Waals surface area contributed by atoms with E-state index < -0.39 is 61.8 Å². The van der Waals surface area contributed by atoms with E-state index in [1.165, 1.54) is 24.3 Å². The van der Waals surface area contributed by atoms with Gasteiger partial charge in [0.2, 0.25) is 0 Å². The number of halogens is 4. The average Bonchev–Trinajstić information content (AvgIpc) is 2.90. The summed E-state index contributed by atoms with van der Waals surface area (Å²) >= 11 is 14.0. The standard InChI is InChI=1S/C22H14Br4N4O8/c23-19(21(25)15-7-5-13(27(31)32)9-17(15)29(35)36)11-1-2-12(4-3-11)20(24)22(26)16-8-6-14(28(33)34)10-18(16)30(37)38/h1-10,19-22H/t19-,20+,21+,22-. The molecule has 198 valence electrons. The number of alkyl halides is 4. The van der Waals surface area contributed by atoms with Crippen LogP contribution < -0.4 is 0 Å². The van der Waals surface area contributed by atoms with Gasteiger partial charge in [-0.25, -0.2) is 0 Å². The molecule has 0 amide bonds. The molecule has 0 heterocycles. The zero-order valence-electron chi connectivity index (χ0n) is 18.6. The van der Waals surface area contributed by atoms with Crippen LogP contribution in [-0.2, 0) is 0 Å². The Morgan fingerprint density at radius 3 is 1.05 bits per heavy atom. The Kier molecular flexibility index (Phi) is 9.67. The molecular weight excluding hydrogens is 768 g/mol. The van der Waals surface area contributed by atoms with Gasteiger partial charge in [-0.15, -0.1) is 0 Å². The maximum atomic E-state index is 11.5. The maximum Gasteiger partial charge on any atom is 0.280 e. The van der Waals surface area contributed by atoms with Gasteiger partial charge in [0.25, 0.3) is 22.7 Å². The second kappa shape index (κ2) is 12.4. The lowest BCUT2D eigenvalue weighted by molar-refractivity contribution is -0.394. The quantitative estimate of drug-likeness (QED) is 0.112. The fourth-order valence-corrected chi connectivity index (χ4v) is 6.16. The molecule has 0 saturated heterocycles. The largest absolute Gasteiger partial charge is 0.280 e. The van der Waals surface area contributed by atoms with Crippen LogP contribution in [0.5, 0.6) is 0 Å². The number of nitro groups is 4. The highest BCUT2D eigenvalue weighted by Gasteiger charge is 2.31. The minimum absolute atomic E-state index is 0.246. The van der Waals surface area contributed by atoms with Crippen LogP contribution in [0, 0.1) is 40.5 Å². The summed E-state index contributed by atoms with van der Waals surface area (Å²) in [7, 11) is 0. The molecule has 4 atom stereocenters. The number of hydrogen-bond donors (Lipinski definition) is 0. The summed E-state index contributed by atoms with van der Waals surface area (Å²) in [5.41, 5.74) is 0.384. The molecular formula is C22H14Br4N4O8. The summed E-state index contributed by atoms with van der Waals surface area (Å²) in [5.74, 6) is 0. The molecule has 0 bridgehead atoms. The van der Waals surface area contributed by atoms with E-state index in [0.717, 1.165) is 23.3 Å². The van der Waals surface area contributed by atoms with Crippen LogP contribution >= 0.6 is 63.7 Å². The zero-order valence-corrected chi connectivity index (χ0v) is 25.0. The predicted octanol–water partition coefficient (Wildman–Crippen LogP) is 8.46. The molecule has 0 spiro atoms. The third-order valence-electron chi connectivity index (χ3n) is 5.52. The first-order chi connectivity index (χ1) is 17.8. The lowest BCUT2D eigenvalue weighted by Gasteiger charge is -2.20. The van der Waals surface area contributed by atoms with Gasteiger partial charge in [0, 0.05) is 23.3 Å². The number of nitrogens with zero attached hydrogens (tertiary/aromatic N) is 4. The molecule has 3 aromatic carbocycles. The van der Waals surface area contributed by atoms with E-state index in [1.54, 1.807) is 24.3 Å². The Labute approximate surface area is 247 Å². The molecule has 0 radical (unpaired) electrons. The molecule has 0 aromatic heterocycles. The lowest BCUT2D eigenvalue weighted by atomic mass is 9.98. The van der Waals surface area contributed by atoms with E-state index in [0.29, 0.717) is 0 Å². The summed E-state index contributed by atoms with van der Waals surface area (Å²) in [5, 5.41) is 45.1. The van der Waals surface area contributed by atoms with Crippen molar-refractivity contribution in [2.45, 2.75) is 19.3 Å². The van der Waals surface area contributed by atoms with Crippen LogP contribution in [0.4, 0.5) is 22.7 Å². The van der Waals surface area contributed by atoms with Crippen LogP contribution in [0.1, 0.15) is 41.6 Å². The van der Waals surface area contributed by atoms with E-state index >= 15 is 0 Å². The summed E-state index contributed by atoms with van der Waals surface area (Å²) in [6.45, 7) is 0. The molecule has 16 heteroatoms. The normalized spacial score (nSPS) is 14.2. The SMILES string of the molecule is O=[N+]([O-])c1ccc([C@@H](Br)[C@@H](Br)c2ccc([C@@H](Br)[C@@H](Br)c3ccc([N+](=O)[O-])cc3[N+](=O)[O-])cc2)c([N+](=O)[O-])c1. The van der Waals surface area contributed by atoms with Gasteiger partial charge >= 0.3 is 0 Å². The van der Waals surface area contributed by atoms with Gasteiger partial charge < -0.3 is 0 Å². The highest BCUT2D eigenvalue weighted by atomic mass is 79.9.